The van der Waals surface area contributed by atoms with E-state index in [0.717, 1.165) is 37.9 Å². The molecule has 24 heavy (non-hydrogen) atoms. The molecule has 1 aromatic carbocycles. The van der Waals surface area contributed by atoms with Gasteiger partial charge in [-0.2, -0.15) is 0 Å². The Hall–Kier alpha value is -1.59. The fraction of sp³-hybridized carbons (Fsp3) is 0.556. The van der Waals surface area contributed by atoms with E-state index in [2.05, 4.69) is 5.32 Å². The van der Waals surface area contributed by atoms with Gasteiger partial charge in [-0.25, -0.2) is 0 Å². The summed E-state index contributed by atoms with van der Waals surface area (Å²) in [6, 6.07) is 7.53. The normalized spacial score (nSPS) is 15.0. The highest BCUT2D eigenvalue weighted by Gasteiger charge is 2.15. The van der Waals surface area contributed by atoms with Crippen LogP contribution >= 0.6 is 11.6 Å². The largest absolute Gasteiger partial charge is 0.362 e. The third-order valence-electron chi connectivity index (χ3n) is 4.07. The molecule has 0 unspecified atom stereocenters. The molecule has 1 saturated heterocycles. The number of amides is 2. The second kappa shape index (κ2) is 10.3. The van der Waals surface area contributed by atoms with Crippen LogP contribution < -0.4 is 5.32 Å². The molecule has 2 amide bonds. The molecule has 0 spiro atoms. The number of hydrogen-bond acceptors (Lipinski definition) is 3. The van der Waals surface area contributed by atoms with Gasteiger partial charge in [0, 0.05) is 24.7 Å². The molecule has 6 heteroatoms. The van der Waals surface area contributed by atoms with E-state index in [1.807, 2.05) is 29.2 Å². The number of benzene rings is 1. The number of hydrogen-bond donors (Lipinski definition) is 1. The van der Waals surface area contributed by atoms with Crippen LogP contribution in [0.3, 0.4) is 0 Å². The van der Waals surface area contributed by atoms with Crippen LogP contribution in [-0.4, -0.2) is 49.6 Å². The Labute approximate surface area is 148 Å². The van der Waals surface area contributed by atoms with Gasteiger partial charge in [0.2, 0.25) is 11.8 Å². The van der Waals surface area contributed by atoms with Crippen molar-refractivity contribution in [1.82, 2.24) is 10.2 Å². The predicted molar refractivity (Wildman–Crippen MR) is 94.0 cm³/mol. The van der Waals surface area contributed by atoms with E-state index in [9.17, 15) is 9.59 Å². The summed E-state index contributed by atoms with van der Waals surface area (Å²) < 4.78 is 5.25. The van der Waals surface area contributed by atoms with Crippen molar-refractivity contribution < 1.29 is 14.3 Å². The molecule has 132 valence electrons. The quantitative estimate of drug-likeness (QED) is 0.819. The first-order valence-corrected chi connectivity index (χ1v) is 8.89. The van der Waals surface area contributed by atoms with Gasteiger partial charge < -0.3 is 15.0 Å². The minimum atomic E-state index is -0.201. The number of carbonyl (C=O) groups is 2. The molecule has 1 N–H and O–H groups in total. The Bertz CT molecular complexity index is 526. The number of nitrogens with zero attached hydrogens (tertiary/aromatic N) is 1. The van der Waals surface area contributed by atoms with Crippen molar-refractivity contribution in [2.24, 2.45) is 0 Å². The lowest BCUT2D eigenvalue weighted by Gasteiger charge is -2.20. The van der Waals surface area contributed by atoms with Gasteiger partial charge in [-0.15, -0.1) is 0 Å². The smallest absolute Gasteiger partial charge is 0.248 e. The molecule has 0 aromatic heterocycles. The average molecular weight is 353 g/mol. The van der Waals surface area contributed by atoms with Crippen molar-refractivity contribution in [3.63, 3.8) is 0 Å². The second-order valence-corrected chi connectivity index (χ2v) is 6.45. The van der Waals surface area contributed by atoms with Gasteiger partial charge in [0.05, 0.1) is 0 Å². The highest BCUT2D eigenvalue weighted by atomic mass is 35.5. The fourth-order valence-electron chi connectivity index (χ4n) is 2.69. The molecule has 1 aliphatic rings. The highest BCUT2D eigenvalue weighted by molar-refractivity contribution is 6.30. The third-order valence-corrected chi connectivity index (χ3v) is 4.32. The summed E-state index contributed by atoms with van der Waals surface area (Å²) >= 11 is 5.83. The van der Waals surface area contributed by atoms with E-state index < -0.39 is 0 Å². The van der Waals surface area contributed by atoms with E-state index in [4.69, 9.17) is 16.3 Å². The SMILES string of the molecule is O=C(COCC(=O)N1CCCCCC1)NCCc1ccc(Cl)cc1. The van der Waals surface area contributed by atoms with Crippen molar-refractivity contribution in [1.29, 1.82) is 0 Å². The maximum absolute atomic E-state index is 12.0. The minimum absolute atomic E-state index is 0.0223. The highest BCUT2D eigenvalue weighted by Crippen LogP contribution is 2.10. The fourth-order valence-corrected chi connectivity index (χ4v) is 2.82. The van der Waals surface area contributed by atoms with Crippen LogP contribution in [-0.2, 0) is 20.7 Å². The lowest BCUT2D eigenvalue weighted by molar-refractivity contribution is -0.138. The Kier molecular flexibility index (Phi) is 8.05. The van der Waals surface area contributed by atoms with Crippen LogP contribution in [0.5, 0.6) is 0 Å². The van der Waals surface area contributed by atoms with Gasteiger partial charge in [-0.05, 0) is 37.0 Å². The molecular weight excluding hydrogens is 328 g/mol. The lowest BCUT2D eigenvalue weighted by atomic mass is 10.1. The Balaban J connectivity index is 1.57. The Morgan fingerprint density at radius 3 is 2.38 bits per heavy atom. The third kappa shape index (κ3) is 6.89. The topological polar surface area (TPSA) is 58.6 Å². The van der Waals surface area contributed by atoms with Crippen molar-refractivity contribution in [3.8, 4) is 0 Å². The van der Waals surface area contributed by atoms with Crippen LogP contribution in [0.15, 0.2) is 24.3 Å². The molecule has 0 aliphatic carbocycles. The van der Waals surface area contributed by atoms with Gasteiger partial charge in [-0.3, -0.25) is 9.59 Å². The zero-order valence-electron chi connectivity index (χ0n) is 13.9. The number of rotatable bonds is 7. The number of carbonyl (C=O) groups excluding carboxylic acids is 2. The van der Waals surface area contributed by atoms with Gasteiger partial charge in [0.15, 0.2) is 0 Å². The van der Waals surface area contributed by atoms with Crippen molar-refractivity contribution in [3.05, 3.63) is 34.9 Å². The standard InChI is InChI=1S/C18H25ClN2O3/c19-16-7-5-15(6-8-16)9-10-20-17(22)13-24-14-18(23)21-11-3-1-2-4-12-21/h5-8H,1-4,9-14H2,(H,20,22). The number of ether oxygens (including phenoxy) is 1. The maximum Gasteiger partial charge on any atom is 0.248 e. The van der Waals surface area contributed by atoms with Gasteiger partial charge in [0.1, 0.15) is 13.2 Å². The number of halogens is 1. The van der Waals surface area contributed by atoms with Crippen LogP contribution in [0, 0.1) is 0 Å². The Morgan fingerprint density at radius 1 is 1.04 bits per heavy atom. The van der Waals surface area contributed by atoms with Crippen molar-refractivity contribution in [2.45, 2.75) is 32.1 Å². The van der Waals surface area contributed by atoms with E-state index in [1.165, 1.54) is 12.8 Å². The first-order valence-electron chi connectivity index (χ1n) is 8.52. The van der Waals surface area contributed by atoms with E-state index in [1.54, 1.807) is 0 Å². The van der Waals surface area contributed by atoms with Crippen LogP contribution in [0.4, 0.5) is 0 Å². The van der Waals surface area contributed by atoms with Gasteiger partial charge in [0.25, 0.3) is 0 Å². The number of nitrogens with one attached hydrogen (secondary N) is 1. The zero-order valence-corrected chi connectivity index (χ0v) is 14.7. The van der Waals surface area contributed by atoms with Crippen molar-refractivity contribution >= 4 is 23.4 Å². The summed E-state index contributed by atoms with van der Waals surface area (Å²) in [5, 5.41) is 3.49. The molecule has 0 bridgehead atoms. The summed E-state index contributed by atoms with van der Waals surface area (Å²) in [5.41, 5.74) is 1.11. The molecular formula is C18H25ClN2O3. The average Bonchev–Trinajstić information content (AvgIpc) is 2.86. The minimum Gasteiger partial charge on any atom is -0.362 e. The maximum atomic E-state index is 12.0. The molecule has 2 rings (SSSR count). The molecule has 0 saturated carbocycles. The van der Waals surface area contributed by atoms with Gasteiger partial charge in [-0.1, -0.05) is 36.6 Å². The van der Waals surface area contributed by atoms with E-state index in [-0.39, 0.29) is 25.0 Å². The molecule has 1 aliphatic heterocycles. The lowest BCUT2D eigenvalue weighted by Crippen LogP contribution is -2.36. The summed E-state index contributed by atoms with van der Waals surface area (Å²) in [6.45, 7) is 2.03. The second-order valence-electron chi connectivity index (χ2n) is 6.01. The van der Waals surface area contributed by atoms with Crippen LogP contribution in [0.1, 0.15) is 31.2 Å². The molecule has 0 radical (unpaired) electrons. The summed E-state index contributed by atoms with van der Waals surface area (Å²) in [6.07, 6.45) is 5.20. The zero-order chi connectivity index (χ0) is 17.2. The molecule has 5 nitrogen and oxygen atoms in total. The Morgan fingerprint density at radius 2 is 1.71 bits per heavy atom. The molecule has 1 aromatic rings. The molecule has 1 heterocycles. The van der Waals surface area contributed by atoms with Crippen molar-refractivity contribution in [2.75, 3.05) is 32.8 Å². The summed E-state index contributed by atoms with van der Waals surface area (Å²) in [5.74, 6) is -0.224. The molecule has 1 fully saturated rings. The van der Waals surface area contributed by atoms with Gasteiger partial charge >= 0.3 is 0 Å². The molecule has 0 atom stereocenters. The first kappa shape index (κ1) is 18.7. The van der Waals surface area contributed by atoms with E-state index in [0.29, 0.717) is 11.6 Å². The van der Waals surface area contributed by atoms with E-state index >= 15 is 0 Å². The van der Waals surface area contributed by atoms with Crippen LogP contribution in [0.25, 0.3) is 0 Å². The summed E-state index contributed by atoms with van der Waals surface area (Å²) in [4.78, 5) is 25.6. The first-order chi connectivity index (χ1) is 11.6. The van der Waals surface area contributed by atoms with Crippen LogP contribution in [0.2, 0.25) is 5.02 Å². The predicted octanol–water partition coefficient (Wildman–Crippen LogP) is 2.42. The number of likely N-dealkylation sites (tertiary alicyclic amines) is 1. The summed E-state index contributed by atoms with van der Waals surface area (Å²) in [7, 11) is 0. The monoisotopic (exact) mass is 352 g/mol.